The summed E-state index contributed by atoms with van der Waals surface area (Å²) in [6.07, 6.45) is 6.72. The molecule has 1 atom stereocenters. The van der Waals surface area contributed by atoms with Crippen LogP contribution in [0.1, 0.15) is 52.4 Å². The Bertz CT molecular complexity index is 263. The van der Waals surface area contributed by atoms with Crippen molar-refractivity contribution < 1.29 is 9.53 Å². The van der Waals surface area contributed by atoms with Gasteiger partial charge in [-0.2, -0.15) is 0 Å². The summed E-state index contributed by atoms with van der Waals surface area (Å²) >= 11 is 0. The second-order valence-electron chi connectivity index (χ2n) is 5.63. The number of carbonyl (C=O) groups is 1. The van der Waals surface area contributed by atoms with Crippen molar-refractivity contribution >= 4 is 5.97 Å². The second-order valence-corrected chi connectivity index (χ2v) is 5.63. The molecule has 0 aromatic rings. The number of hydrogen-bond donors (Lipinski definition) is 1. The van der Waals surface area contributed by atoms with Gasteiger partial charge in [-0.05, 0) is 58.5 Å². The predicted molar refractivity (Wildman–Crippen MR) is 73.3 cm³/mol. The van der Waals surface area contributed by atoms with Crippen molar-refractivity contribution in [3.05, 3.63) is 0 Å². The van der Waals surface area contributed by atoms with Crippen molar-refractivity contribution in [2.24, 2.45) is 5.73 Å². The number of esters is 1. The molecule has 0 aromatic carbocycles. The lowest BCUT2D eigenvalue weighted by atomic mass is 9.96. The fraction of sp³-hybridized carbons (Fsp3) is 0.929. The number of ether oxygens (including phenoxy) is 1. The molecule has 1 aliphatic rings. The van der Waals surface area contributed by atoms with Crippen molar-refractivity contribution in [3.8, 4) is 0 Å². The van der Waals surface area contributed by atoms with E-state index in [0.29, 0.717) is 6.42 Å². The lowest BCUT2D eigenvalue weighted by Crippen LogP contribution is -2.45. The minimum Gasteiger partial charge on any atom is -0.468 e. The maximum atomic E-state index is 11.4. The molecule has 1 fully saturated rings. The van der Waals surface area contributed by atoms with E-state index >= 15 is 0 Å². The molecule has 1 unspecified atom stereocenters. The second kappa shape index (κ2) is 7.10. The van der Waals surface area contributed by atoms with Crippen LogP contribution in [0.4, 0.5) is 0 Å². The molecule has 0 aromatic heterocycles. The van der Waals surface area contributed by atoms with Gasteiger partial charge in [0.05, 0.1) is 7.11 Å². The van der Waals surface area contributed by atoms with E-state index in [1.54, 1.807) is 6.92 Å². The Kier molecular flexibility index (Phi) is 6.09. The normalized spacial score (nSPS) is 18.7. The number of nitrogens with zero attached hydrogens (tertiary/aromatic N) is 1. The molecule has 106 valence electrons. The first-order valence-electron chi connectivity index (χ1n) is 7.12. The van der Waals surface area contributed by atoms with Gasteiger partial charge in [0.25, 0.3) is 0 Å². The minimum absolute atomic E-state index is 0.310. The van der Waals surface area contributed by atoms with Crippen molar-refractivity contribution in [1.29, 1.82) is 0 Å². The lowest BCUT2D eigenvalue weighted by molar-refractivity contribution is -0.146. The SMILES string of the molecule is CCCN(CCCCC(C)(N)C(=O)OC)C1CC1. The molecule has 2 N–H and O–H groups in total. The van der Waals surface area contributed by atoms with Crippen molar-refractivity contribution in [2.45, 2.75) is 64.0 Å². The van der Waals surface area contributed by atoms with Gasteiger partial charge < -0.3 is 15.4 Å². The van der Waals surface area contributed by atoms with E-state index in [2.05, 4.69) is 11.8 Å². The fourth-order valence-corrected chi connectivity index (χ4v) is 2.35. The number of unbranched alkanes of at least 4 members (excludes halogenated alkanes) is 1. The molecule has 0 bridgehead atoms. The van der Waals surface area contributed by atoms with Crippen LogP contribution >= 0.6 is 0 Å². The summed E-state index contributed by atoms with van der Waals surface area (Å²) in [6.45, 7) is 6.31. The third kappa shape index (κ3) is 4.94. The number of carbonyl (C=O) groups excluding carboxylic acids is 1. The van der Waals surface area contributed by atoms with Gasteiger partial charge in [0.2, 0.25) is 0 Å². The lowest BCUT2D eigenvalue weighted by Gasteiger charge is -2.23. The number of rotatable bonds is 9. The van der Waals surface area contributed by atoms with Crippen LogP contribution in [0.5, 0.6) is 0 Å². The zero-order valence-electron chi connectivity index (χ0n) is 12.1. The van der Waals surface area contributed by atoms with Crippen LogP contribution in [0.2, 0.25) is 0 Å². The highest BCUT2D eigenvalue weighted by Crippen LogP contribution is 2.27. The van der Waals surface area contributed by atoms with E-state index in [1.807, 2.05) is 0 Å². The van der Waals surface area contributed by atoms with Gasteiger partial charge >= 0.3 is 5.97 Å². The first-order valence-corrected chi connectivity index (χ1v) is 7.12. The predicted octanol–water partition coefficient (Wildman–Crippen LogP) is 1.92. The molecule has 18 heavy (non-hydrogen) atoms. The zero-order valence-corrected chi connectivity index (χ0v) is 12.1. The average Bonchev–Trinajstić information content (AvgIpc) is 3.16. The molecule has 4 heteroatoms. The summed E-state index contributed by atoms with van der Waals surface area (Å²) in [5, 5.41) is 0. The van der Waals surface area contributed by atoms with Gasteiger partial charge in [-0.1, -0.05) is 6.92 Å². The smallest absolute Gasteiger partial charge is 0.325 e. The number of methoxy groups -OCH3 is 1. The van der Waals surface area contributed by atoms with Crippen molar-refractivity contribution in [3.63, 3.8) is 0 Å². The van der Waals surface area contributed by atoms with E-state index in [0.717, 1.165) is 25.4 Å². The Hall–Kier alpha value is -0.610. The first kappa shape index (κ1) is 15.4. The maximum Gasteiger partial charge on any atom is 0.325 e. The van der Waals surface area contributed by atoms with Gasteiger partial charge in [0, 0.05) is 6.04 Å². The summed E-state index contributed by atoms with van der Waals surface area (Å²) in [5.74, 6) is -0.310. The highest BCUT2D eigenvalue weighted by atomic mass is 16.5. The monoisotopic (exact) mass is 256 g/mol. The Morgan fingerprint density at radius 1 is 1.39 bits per heavy atom. The summed E-state index contributed by atoms with van der Waals surface area (Å²) in [7, 11) is 1.39. The van der Waals surface area contributed by atoms with Crippen LogP contribution in [0.25, 0.3) is 0 Å². The highest BCUT2D eigenvalue weighted by molar-refractivity contribution is 5.79. The first-order chi connectivity index (χ1) is 8.51. The molecule has 0 saturated heterocycles. The van der Waals surface area contributed by atoms with Gasteiger partial charge in [0.1, 0.15) is 5.54 Å². The third-order valence-corrected chi connectivity index (χ3v) is 3.62. The van der Waals surface area contributed by atoms with Crippen LogP contribution in [0, 0.1) is 0 Å². The van der Waals surface area contributed by atoms with Gasteiger partial charge in [-0.3, -0.25) is 4.79 Å². The quantitative estimate of drug-likeness (QED) is 0.506. The average molecular weight is 256 g/mol. The highest BCUT2D eigenvalue weighted by Gasteiger charge is 2.30. The summed E-state index contributed by atoms with van der Waals surface area (Å²) < 4.78 is 4.71. The molecule has 0 aliphatic heterocycles. The van der Waals surface area contributed by atoms with Crippen LogP contribution < -0.4 is 5.73 Å². The fourth-order valence-electron chi connectivity index (χ4n) is 2.35. The van der Waals surface area contributed by atoms with Gasteiger partial charge in [-0.15, -0.1) is 0 Å². The van der Waals surface area contributed by atoms with Gasteiger partial charge in [0.15, 0.2) is 0 Å². The molecule has 0 amide bonds. The van der Waals surface area contributed by atoms with Crippen LogP contribution in [-0.2, 0) is 9.53 Å². The zero-order chi connectivity index (χ0) is 13.6. The molecule has 0 spiro atoms. The number of nitrogens with two attached hydrogens (primary N) is 1. The van der Waals surface area contributed by atoms with E-state index in [9.17, 15) is 4.79 Å². The Balaban J connectivity index is 2.18. The Labute approximate surface area is 111 Å². The molecule has 0 radical (unpaired) electrons. The Morgan fingerprint density at radius 2 is 2.06 bits per heavy atom. The van der Waals surface area contributed by atoms with Crippen LogP contribution in [0.15, 0.2) is 0 Å². The molecule has 1 rings (SSSR count). The summed E-state index contributed by atoms with van der Waals surface area (Å²) in [4.78, 5) is 14.0. The molecule has 1 saturated carbocycles. The largest absolute Gasteiger partial charge is 0.468 e. The maximum absolute atomic E-state index is 11.4. The number of hydrogen-bond acceptors (Lipinski definition) is 4. The molecular formula is C14H28N2O2. The molecule has 1 aliphatic carbocycles. The van der Waals surface area contributed by atoms with E-state index < -0.39 is 5.54 Å². The van der Waals surface area contributed by atoms with Crippen molar-refractivity contribution in [2.75, 3.05) is 20.2 Å². The van der Waals surface area contributed by atoms with Crippen LogP contribution in [0.3, 0.4) is 0 Å². The molecule has 0 heterocycles. The Morgan fingerprint density at radius 3 is 2.56 bits per heavy atom. The summed E-state index contributed by atoms with van der Waals surface area (Å²) in [5.41, 5.74) is 5.10. The van der Waals surface area contributed by atoms with Gasteiger partial charge in [-0.25, -0.2) is 0 Å². The minimum atomic E-state index is -0.829. The van der Waals surface area contributed by atoms with E-state index in [-0.39, 0.29) is 5.97 Å². The van der Waals surface area contributed by atoms with E-state index in [1.165, 1.54) is 32.9 Å². The molecule has 4 nitrogen and oxygen atoms in total. The standard InChI is InChI=1S/C14H28N2O2/c1-4-10-16(12-7-8-12)11-6-5-9-14(2,15)13(17)18-3/h12H,4-11,15H2,1-3H3. The topological polar surface area (TPSA) is 55.6 Å². The van der Waals surface area contributed by atoms with Crippen LogP contribution in [-0.4, -0.2) is 42.6 Å². The third-order valence-electron chi connectivity index (χ3n) is 3.62. The molecular weight excluding hydrogens is 228 g/mol. The van der Waals surface area contributed by atoms with Crippen molar-refractivity contribution in [1.82, 2.24) is 4.90 Å². The van der Waals surface area contributed by atoms with E-state index in [4.69, 9.17) is 10.5 Å². The summed E-state index contributed by atoms with van der Waals surface area (Å²) in [6, 6.07) is 0.829.